The minimum absolute atomic E-state index is 0.00566. The zero-order valence-corrected chi connectivity index (χ0v) is 13.4. The van der Waals surface area contributed by atoms with E-state index in [1.165, 1.54) is 0 Å². The van der Waals surface area contributed by atoms with Crippen molar-refractivity contribution in [1.29, 1.82) is 0 Å². The smallest absolute Gasteiger partial charge is 0.309 e. The van der Waals surface area contributed by atoms with Gasteiger partial charge in [0.1, 0.15) is 5.60 Å². The van der Waals surface area contributed by atoms with Gasteiger partial charge in [0, 0.05) is 5.41 Å². The van der Waals surface area contributed by atoms with Crippen LogP contribution in [0.2, 0.25) is 0 Å². The summed E-state index contributed by atoms with van der Waals surface area (Å²) in [5, 5.41) is 0. The van der Waals surface area contributed by atoms with E-state index in [4.69, 9.17) is 4.74 Å². The van der Waals surface area contributed by atoms with E-state index in [2.05, 4.69) is 34.6 Å². The Labute approximate surface area is 113 Å². The average molecular weight is 256 g/mol. The van der Waals surface area contributed by atoms with Gasteiger partial charge >= 0.3 is 5.97 Å². The van der Waals surface area contributed by atoms with Crippen LogP contribution in [0.25, 0.3) is 0 Å². The molecule has 0 aliphatic carbocycles. The molecular weight excluding hydrogens is 224 g/mol. The van der Waals surface area contributed by atoms with Crippen LogP contribution < -0.4 is 0 Å². The molecule has 2 nitrogen and oxygen atoms in total. The quantitative estimate of drug-likeness (QED) is 0.574. The highest BCUT2D eigenvalue weighted by Crippen LogP contribution is 2.37. The molecule has 1 atom stereocenters. The molecule has 0 rings (SSSR count). The van der Waals surface area contributed by atoms with E-state index in [0.29, 0.717) is 0 Å². The van der Waals surface area contributed by atoms with Gasteiger partial charge in [0.2, 0.25) is 0 Å². The molecule has 0 bridgehead atoms. The first kappa shape index (κ1) is 17.5. The van der Waals surface area contributed by atoms with Crippen LogP contribution in [0.15, 0.2) is 0 Å². The fraction of sp³-hybridized carbons (Fsp3) is 0.938. The van der Waals surface area contributed by atoms with Crippen molar-refractivity contribution in [3.8, 4) is 0 Å². The zero-order chi connectivity index (χ0) is 14.4. The van der Waals surface area contributed by atoms with Crippen molar-refractivity contribution in [2.45, 2.75) is 86.2 Å². The lowest BCUT2D eigenvalue weighted by Gasteiger charge is -2.41. The highest BCUT2D eigenvalue weighted by Gasteiger charge is 2.39. The van der Waals surface area contributed by atoms with Gasteiger partial charge in [-0.1, -0.05) is 47.5 Å². The Morgan fingerprint density at radius 3 is 2.06 bits per heavy atom. The first-order valence-electron chi connectivity index (χ1n) is 7.44. The Hall–Kier alpha value is -0.530. The second kappa shape index (κ2) is 7.16. The molecule has 0 saturated carbocycles. The number of ether oxygens (including phenoxy) is 1. The monoisotopic (exact) mass is 256 g/mol. The third-order valence-corrected chi connectivity index (χ3v) is 4.60. The molecule has 1 unspecified atom stereocenters. The van der Waals surface area contributed by atoms with Crippen molar-refractivity contribution in [2.75, 3.05) is 0 Å². The van der Waals surface area contributed by atoms with Crippen molar-refractivity contribution < 1.29 is 9.53 Å². The van der Waals surface area contributed by atoms with E-state index < -0.39 is 5.60 Å². The number of unbranched alkanes of at least 4 members (excludes halogenated alkanes) is 1. The highest BCUT2D eigenvalue weighted by atomic mass is 16.6. The SMILES string of the molecule is CCCCC(CC)C(=O)OC(C)(C)C(C)(C)CC. The van der Waals surface area contributed by atoms with Gasteiger partial charge in [-0.2, -0.15) is 0 Å². The van der Waals surface area contributed by atoms with E-state index in [1.807, 2.05) is 13.8 Å². The Morgan fingerprint density at radius 2 is 1.67 bits per heavy atom. The third kappa shape index (κ3) is 4.62. The lowest BCUT2D eigenvalue weighted by Crippen LogP contribution is -2.44. The molecule has 0 aromatic carbocycles. The summed E-state index contributed by atoms with van der Waals surface area (Å²) >= 11 is 0. The Morgan fingerprint density at radius 1 is 1.11 bits per heavy atom. The maximum absolute atomic E-state index is 12.2. The fourth-order valence-corrected chi connectivity index (χ4v) is 1.84. The van der Waals surface area contributed by atoms with E-state index in [1.54, 1.807) is 0 Å². The third-order valence-electron chi connectivity index (χ3n) is 4.60. The van der Waals surface area contributed by atoms with Crippen LogP contribution in [-0.4, -0.2) is 11.6 Å². The maximum Gasteiger partial charge on any atom is 0.309 e. The minimum Gasteiger partial charge on any atom is -0.459 e. The van der Waals surface area contributed by atoms with Gasteiger partial charge in [-0.05, 0) is 33.1 Å². The van der Waals surface area contributed by atoms with Gasteiger partial charge in [0.15, 0.2) is 0 Å². The molecule has 0 N–H and O–H groups in total. The van der Waals surface area contributed by atoms with Gasteiger partial charge in [-0.3, -0.25) is 4.79 Å². The predicted octanol–water partition coefficient (Wildman–Crippen LogP) is 4.96. The average Bonchev–Trinajstić information content (AvgIpc) is 2.29. The van der Waals surface area contributed by atoms with E-state index >= 15 is 0 Å². The summed E-state index contributed by atoms with van der Waals surface area (Å²) in [5.41, 5.74) is -0.399. The number of hydrogen-bond donors (Lipinski definition) is 0. The normalized spacial score (nSPS) is 14.4. The maximum atomic E-state index is 12.2. The molecule has 108 valence electrons. The highest BCUT2D eigenvalue weighted by molar-refractivity contribution is 5.72. The first-order chi connectivity index (χ1) is 8.21. The summed E-state index contributed by atoms with van der Waals surface area (Å²) in [6.07, 6.45) is 5.06. The standard InChI is InChI=1S/C16H32O2/c1-8-11-12-13(9-2)14(17)18-16(6,7)15(4,5)10-3/h13H,8-12H2,1-7H3. The number of carbonyl (C=O) groups excluding carboxylic acids is 1. The Kier molecular flexibility index (Phi) is 6.94. The predicted molar refractivity (Wildman–Crippen MR) is 77.5 cm³/mol. The van der Waals surface area contributed by atoms with Crippen molar-refractivity contribution in [3.05, 3.63) is 0 Å². The molecular formula is C16H32O2. The molecule has 0 aromatic heterocycles. The van der Waals surface area contributed by atoms with Gasteiger partial charge in [-0.25, -0.2) is 0 Å². The lowest BCUT2D eigenvalue weighted by molar-refractivity contribution is -0.174. The summed E-state index contributed by atoms with van der Waals surface area (Å²) in [4.78, 5) is 12.2. The lowest BCUT2D eigenvalue weighted by atomic mass is 9.75. The Bertz CT molecular complexity index is 254. The number of carbonyl (C=O) groups is 1. The van der Waals surface area contributed by atoms with Crippen LogP contribution >= 0.6 is 0 Å². The fourth-order valence-electron chi connectivity index (χ4n) is 1.84. The van der Waals surface area contributed by atoms with Crippen molar-refractivity contribution in [1.82, 2.24) is 0 Å². The van der Waals surface area contributed by atoms with Crippen molar-refractivity contribution in [3.63, 3.8) is 0 Å². The topological polar surface area (TPSA) is 26.3 Å². The van der Waals surface area contributed by atoms with Crippen molar-refractivity contribution >= 4 is 5.97 Å². The summed E-state index contributed by atoms with van der Waals surface area (Å²) in [6.45, 7) is 14.7. The molecule has 0 saturated heterocycles. The van der Waals surface area contributed by atoms with Crippen LogP contribution in [0.1, 0.15) is 80.6 Å². The van der Waals surface area contributed by atoms with Gasteiger partial charge in [-0.15, -0.1) is 0 Å². The van der Waals surface area contributed by atoms with E-state index in [0.717, 1.165) is 32.1 Å². The van der Waals surface area contributed by atoms with Crippen molar-refractivity contribution in [2.24, 2.45) is 11.3 Å². The van der Waals surface area contributed by atoms with Crippen LogP contribution in [0.5, 0.6) is 0 Å². The first-order valence-corrected chi connectivity index (χ1v) is 7.44. The molecule has 0 amide bonds. The second-order valence-corrected chi connectivity index (χ2v) is 6.42. The van der Waals surface area contributed by atoms with Crippen LogP contribution in [0, 0.1) is 11.3 Å². The number of esters is 1. The second-order valence-electron chi connectivity index (χ2n) is 6.42. The molecule has 0 fully saturated rings. The van der Waals surface area contributed by atoms with Crippen LogP contribution in [0.4, 0.5) is 0 Å². The molecule has 0 aliphatic rings. The summed E-state index contributed by atoms with van der Waals surface area (Å²) in [7, 11) is 0. The van der Waals surface area contributed by atoms with Gasteiger partial charge < -0.3 is 4.74 Å². The zero-order valence-electron chi connectivity index (χ0n) is 13.4. The van der Waals surface area contributed by atoms with Gasteiger partial charge in [0.05, 0.1) is 5.92 Å². The molecule has 0 radical (unpaired) electrons. The summed E-state index contributed by atoms with van der Waals surface area (Å²) in [6, 6.07) is 0. The van der Waals surface area contributed by atoms with E-state index in [-0.39, 0.29) is 17.3 Å². The Balaban J connectivity index is 4.62. The van der Waals surface area contributed by atoms with E-state index in [9.17, 15) is 4.79 Å². The molecule has 0 aromatic rings. The molecule has 18 heavy (non-hydrogen) atoms. The number of rotatable bonds is 8. The molecule has 0 aliphatic heterocycles. The molecule has 0 spiro atoms. The number of hydrogen-bond acceptors (Lipinski definition) is 2. The van der Waals surface area contributed by atoms with Crippen LogP contribution in [-0.2, 0) is 9.53 Å². The molecule has 2 heteroatoms. The summed E-state index contributed by atoms with van der Waals surface area (Å²) < 4.78 is 5.80. The molecule has 0 heterocycles. The minimum atomic E-state index is -0.404. The summed E-state index contributed by atoms with van der Waals surface area (Å²) in [5.74, 6) is 0.0503. The van der Waals surface area contributed by atoms with Gasteiger partial charge in [0.25, 0.3) is 0 Å². The largest absolute Gasteiger partial charge is 0.459 e. The van der Waals surface area contributed by atoms with Crippen LogP contribution in [0.3, 0.4) is 0 Å².